The van der Waals surface area contributed by atoms with E-state index >= 15 is 0 Å². The normalized spacial score (nSPS) is 13.9. The van der Waals surface area contributed by atoms with Crippen molar-refractivity contribution in [3.63, 3.8) is 0 Å². The molecule has 0 aliphatic heterocycles. The summed E-state index contributed by atoms with van der Waals surface area (Å²) in [5.41, 5.74) is 5.14. The number of carbonyl (C=O) groups excluding carboxylic acids is 1. The van der Waals surface area contributed by atoms with Crippen LogP contribution in [0.15, 0.2) is 18.3 Å². The molecular formula is C13H21N3O2. The van der Waals surface area contributed by atoms with Crippen LogP contribution >= 0.6 is 0 Å². The average molecular weight is 251 g/mol. The number of nitrogen functional groups attached to an aromatic ring is 1. The molecule has 0 bridgehead atoms. The molecule has 1 amide bonds. The number of anilines is 1. The number of carbonyl (C=O) groups is 1. The number of aromatic nitrogens is 1. The van der Waals surface area contributed by atoms with Crippen LogP contribution < -0.4 is 11.1 Å². The van der Waals surface area contributed by atoms with Crippen LogP contribution in [0.5, 0.6) is 0 Å². The number of hydrogen-bond donors (Lipinski definition) is 3. The molecule has 0 saturated heterocycles. The standard InChI is InChI=1S/C13H21N3O2/c1-3-6-13(18,4-2)9-16-12(17)10-5-7-15-11(14)8-10/h5,7-8,18H,3-4,6,9H2,1-2H3,(H2,14,15)(H,16,17). The molecule has 18 heavy (non-hydrogen) atoms. The summed E-state index contributed by atoms with van der Waals surface area (Å²) in [4.78, 5) is 15.7. The number of rotatable bonds is 6. The van der Waals surface area contributed by atoms with Crippen molar-refractivity contribution in [2.75, 3.05) is 12.3 Å². The van der Waals surface area contributed by atoms with Gasteiger partial charge in [0, 0.05) is 18.3 Å². The molecule has 1 rings (SSSR count). The minimum Gasteiger partial charge on any atom is -0.388 e. The maximum Gasteiger partial charge on any atom is 0.251 e. The Hall–Kier alpha value is -1.62. The summed E-state index contributed by atoms with van der Waals surface area (Å²) in [5, 5.41) is 12.9. The van der Waals surface area contributed by atoms with Gasteiger partial charge < -0.3 is 16.2 Å². The second-order valence-electron chi connectivity index (χ2n) is 4.48. The SMILES string of the molecule is CCCC(O)(CC)CNC(=O)c1ccnc(N)c1. The van der Waals surface area contributed by atoms with Crippen molar-refractivity contribution in [3.05, 3.63) is 23.9 Å². The first-order chi connectivity index (χ1) is 8.50. The summed E-state index contributed by atoms with van der Waals surface area (Å²) in [6, 6.07) is 3.11. The van der Waals surface area contributed by atoms with Gasteiger partial charge in [-0.3, -0.25) is 4.79 Å². The van der Waals surface area contributed by atoms with E-state index in [1.54, 1.807) is 6.07 Å². The molecule has 5 nitrogen and oxygen atoms in total. The van der Waals surface area contributed by atoms with Crippen LogP contribution in [0.1, 0.15) is 43.5 Å². The van der Waals surface area contributed by atoms with Crippen LogP contribution in [0, 0.1) is 0 Å². The molecule has 1 aromatic heterocycles. The summed E-state index contributed by atoms with van der Waals surface area (Å²) in [6.07, 6.45) is 3.65. The van der Waals surface area contributed by atoms with Crippen molar-refractivity contribution >= 4 is 11.7 Å². The lowest BCUT2D eigenvalue weighted by Gasteiger charge is -2.26. The molecular weight excluding hydrogens is 230 g/mol. The predicted molar refractivity (Wildman–Crippen MR) is 71.1 cm³/mol. The highest BCUT2D eigenvalue weighted by atomic mass is 16.3. The van der Waals surface area contributed by atoms with Gasteiger partial charge in [-0.05, 0) is 25.0 Å². The van der Waals surface area contributed by atoms with Gasteiger partial charge in [0.25, 0.3) is 5.91 Å². The van der Waals surface area contributed by atoms with E-state index in [1.165, 1.54) is 12.3 Å². The molecule has 1 unspecified atom stereocenters. The topological polar surface area (TPSA) is 88.2 Å². The summed E-state index contributed by atoms with van der Waals surface area (Å²) in [5.74, 6) is 0.0639. The fourth-order valence-electron chi connectivity index (χ4n) is 1.79. The Bertz CT molecular complexity index is 409. The van der Waals surface area contributed by atoms with E-state index in [0.717, 1.165) is 6.42 Å². The van der Waals surface area contributed by atoms with Crippen molar-refractivity contribution in [3.8, 4) is 0 Å². The zero-order chi connectivity index (χ0) is 13.6. The lowest BCUT2D eigenvalue weighted by Crippen LogP contribution is -2.42. The third kappa shape index (κ3) is 4.00. The zero-order valence-electron chi connectivity index (χ0n) is 10.9. The van der Waals surface area contributed by atoms with Crippen molar-refractivity contribution in [1.29, 1.82) is 0 Å². The number of amides is 1. The van der Waals surface area contributed by atoms with E-state index in [2.05, 4.69) is 10.3 Å². The van der Waals surface area contributed by atoms with E-state index < -0.39 is 5.60 Å². The fraction of sp³-hybridized carbons (Fsp3) is 0.538. The molecule has 100 valence electrons. The maximum absolute atomic E-state index is 11.9. The highest BCUT2D eigenvalue weighted by Crippen LogP contribution is 2.16. The Morgan fingerprint density at radius 2 is 2.28 bits per heavy atom. The number of aliphatic hydroxyl groups is 1. The van der Waals surface area contributed by atoms with Crippen molar-refractivity contribution in [1.82, 2.24) is 10.3 Å². The van der Waals surface area contributed by atoms with Crippen molar-refractivity contribution in [2.24, 2.45) is 0 Å². The van der Waals surface area contributed by atoms with Gasteiger partial charge in [-0.1, -0.05) is 20.3 Å². The maximum atomic E-state index is 11.9. The third-order valence-corrected chi connectivity index (χ3v) is 2.99. The van der Waals surface area contributed by atoms with Crippen LogP contribution in [0.25, 0.3) is 0 Å². The molecule has 0 aliphatic carbocycles. The van der Waals surface area contributed by atoms with Gasteiger partial charge in [-0.25, -0.2) is 4.98 Å². The number of nitrogens with zero attached hydrogens (tertiary/aromatic N) is 1. The number of hydrogen-bond acceptors (Lipinski definition) is 4. The first-order valence-electron chi connectivity index (χ1n) is 6.23. The minimum atomic E-state index is -0.830. The second kappa shape index (κ2) is 6.35. The molecule has 1 aromatic rings. The summed E-state index contributed by atoms with van der Waals surface area (Å²) in [7, 11) is 0. The molecule has 5 heteroatoms. The van der Waals surface area contributed by atoms with E-state index in [4.69, 9.17) is 5.73 Å². The lowest BCUT2D eigenvalue weighted by atomic mass is 9.95. The van der Waals surface area contributed by atoms with Crippen molar-refractivity contribution < 1.29 is 9.90 Å². The fourth-order valence-corrected chi connectivity index (χ4v) is 1.79. The molecule has 1 atom stereocenters. The first-order valence-corrected chi connectivity index (χ1v) is 6.23. The molecule has 1 heterocycles. The minimum absolute atomic E-state index is 0.243. The van der Waals surface area contributed by atoms with Crippen LogP contribution in [0.3, 0.4) is 0 Å². The van der Waals surface area contributed by atoms with Gasteiger partial charge in [0.2, 0.25) is 0 Å². The van der Waals surface area contributed by atoms with Gasteiger partial charge in [0.05, 0.1) is 5.60 Å². The largest absolute Gasteiger partial charge is 0.388 e. The monoisotopic (exact) mass is 251 g/mol. The number of pyridine rings is 1. The van der Waals surface area contributed by atoms with E-state index in [9.17, 15) is 9.90 Å². The van der Waals surface area contributed by atoms with Crippen LogP contribution in [0.2, 0.25) is 0 Å². The smallest absolute Gasteiger partial charge is 0.251 e. The number of nitrogens with two attached hydrogens (primary N) is 1. The quantitative estimate of drug-likeness (QED) is 0.711. The average Bonchev–Trinajstić information content (AvgIpc) is 2.36. The summed E-state index contributed by atoms with van der Waals surface area (Å²) >= 11 is 0. The van der Waals surface area contributed by atoms with E-state index in [1.807, 2.05) is 13.8 Å². The Kier molecular flexibility index (Phi) is 5.09. The van der Waals surface area contributed by atoms with E-state index in [0.29, 0.717) is 24.2 Å². The third-order valence-electron chi connectivity index (χ3n) is 2.99. The predicted octanol–water partition coefficient (Wildman–Crippen LogP) is 1.33. The summed E-state index contributed by atoms with van der Waals surface area (Å²) < 4.78 is 0. The molecule has 0 aromatic carbocycles. The van der Waals surface area contributed by atoms with Crippen molar-refractivity contribution in [2.45, 2.75) is 38.7 Å². The molecule has 0 aliphatic rings. The van der Waals surface area contributed by atoms with Gasteiger partial charge >= 0.3 is 0 Å². The molecule has 0 saturated carbocycles. The Morgan fingerprint density at radius 1 is 1.56 bits per heavy atom. The van der Waals surface area contributed by atoms with Crippen LogP contribution in [-0.4, -0.2) is 28.1 Å². The van der Waals surface area contributed by atoms with Gasteiger partial charge in [0.1, 0.15) is 5.82 Å². The van der Waals surface area contributed by atoms with Crippen LogP contribution in [0.4, 0.5) is 5.82 Å². The highest BCUT2D eigenvalue weighted by Gasteiger charge is 2.24. The second-order valence-corrected chi connectivity index (χ2v) is 4.48. The lowest BCUT2D eigenvalue weighted by molar-refractivity contribution is 0.0263. The first kappa shape index (κ1) is 14.4. The van der Waals surface area contributed by atoms with E-state index in [-0.39, 0.29) is 12.5 Å². The van der Waals surface area contributed by atoms with Gasteiger partial charge in [-0.15, -0.1) is 0 Å². The Labute approximate surface area is 107 Å². The molecule has 0 fully saturated rings. The van der Waals surface area contributed by atoms with Gasteiger partial charge in [0.15, 0.2) is 0 Å². The molecule has 0 radical (unpaired) electrons. The zero-order valence-corrected chi connectivity index (χ0v) is 10.9. The van der Waals surface area contributed by atoms with Crippen LogP contribution in [-0.2, 0) is 0 Å². The Morgan fingerprint density at radius 3 is 2.83 bits per heavy atom. The molecule has 4 N–H and O–H groups in total. The summed E-state index contributed by atoms with van der Waals surface area (Å²) in [6.45, 7) is 4.16. The highest BCUT2D eigenvalue weighted by molar-refractivity contribution is 5.94. The Balaban J connectivity index is 2.60. The molecule has 0 spiro atoms. The van der Waals surface area contributed by atoms with Gasteiger partial charge in [-0.2, -0.15) is 0 Å². The number of nitrogens with one attached hydrogen (secondary N) is 1.